The molecule has 12 heteroatoms. The maximum atomic E-state index is 14.4. The number of amides is 4. The predicted molar refractivity (Wildman–Crippen MR) is 168 cm³/mol. The Labute approximate surface area is 261 Å². The molecule has 4 aromatic rings. The van der Waals surface area contributed by atoms with Crippen LogP contribution in [0.15, 0.2) is 55.1 Å². The van der Waals surface area contributed by atoms with Crippen LogP contribution in [0.1, 0.15) is 62.5 Å². The molecule has 0 unspecified atom stereocenters. The highest BCUT2D eigenvalue weighted by Crippen LogP contribution is 2.25. The molecule has 0 spiro atoms. The molecule has 4 N–H and O–H groups in total. The first-order valence-electron chi connectivity index (χ1n) is 15.7. The summed E-state index contributed by atoms with van der Waals surface area (Å²) < 4.78 is 1.66. The summed E-state index contributed by atoms with van der Waals surface area (Å²) in [5, 5.41) is 10.2. The average molecular weight is 613 g/mol. The second kappa shape index (κ2) is 12.7. The van der Waals surface area contributed by atoms with Crippen molar-refractivity contribution in [2.24, 2.45) is 11.8 Å². The van der Waals surface area contributed by atoms with E-state index in [0.29, 0.717) is 5.78 Å². The molecular weight excluding hydrogens is 572 g/mol. The fraction of sp³-hybridized carbons (Fsp3) is 0.455. The molecule has 2 fully saturated rings. The van der Waals surface area contributed by atoms with Crippen molar-refractivity contribution in [3.8, 4) is 0 Å². The smallest absolute Gasteiger partial charge is 0.271 e. The number of fused-ring (bicyclic) bond motifs is 3. The zero-order valence-electron chi connectivity index (χ0n) is 25.8. The molecule has 12 nitrogen and oxygen atoms in total. The molecule has 0 bridgehead atoms. The highest BCUT2D eigenvalue weighted by Gasteiger charge is 2.43. The normalized spacial score (nSPS) is 24.9. The van der Waals surface area contributed by atoms with Gasteiger partial charge < -0.3 is 25.8 Å². The number of aromatic nitrogens is 4. The Kier molecular flexibility index (Phi) is 8.55. The van der Waals surface area contributed by atoms with Crippen LogP contribution < -0.4 is 16.0 Å². The van der Waals surface area contributed by atoms with Gasteiger partial charge in [0.15, 0.2) is 0 Å². The van der Waals surface area contributed by atoms with E-state index in [9.17, 15) is 19.2 Å². The van der Waals surface area contributed by atoms with Crippen LogP contribution in [0.5, 0.6) is 0 Å². The summed E-state index contributed by atoms with van der Waals surface area (Å²) in [6.07, 6.45) is 9.08. The van der Waals surface area contributed by atoms with Crippen LogP contribution in [0, 0.1) is 11.8 Å². The number of aromatic amines is 1. The Morgan fingerprint density at radius 2 is 1.93 bits per heavy atom. The summed E-state index contributed by atoms with van der Waals surface area (Å²) in [6.45, 7) is 6.26. The van der Waals surface area contributed by atoms with Gasteiger partial charge in [-0.25, -0.2) is 9.97 Å². The van der Waals surface area contributed by atoms with Gasteiger partial charge in [-0.05, 0) is 48.8 Å². The summed E-state index contributed by atoms with van der Waals surface area (Å²) in [6, 6.07) is 7.25. The Balaban J connectivity index is 1.29. The summed E-state index contributed by atoms with van der Waals surface area (Å²) >= 11 is 0. The van der Waals surface area contributed by atoms with E-state index in [1.54, 1.807) is 29.1 Å². The topological polar surface area (TPSA) is 154 Å². The number of carbonyl (C=O) groups is 4. The molecule has 5 atom stereocenters. The summed E-state index contributed by atoms with van der Waals surface area (Å²) in [4.78, 5) is 68.1. The van der Waals surface area contributed by atoms with E-state index in [2.05, 4.69) is 44.7 Å². The van der Waals surface area contributed by atoms with Crippen LogP contribution in [-0.4, -0.2) is 78.6 Å². The Morgan fingerprint density at radius 3 is 2.73 bits per heavy atom. The van der Waals surface area contributed by atoms with Crippen molar-refractivity contribution in [1.82, 2.24) is 40.2 Å². The monoisotopic (exact) mass is 612 g/mol. The molecular formula is C33H40N8O4. The minimum atomic E-state index is -0.889. The maximum absolute atomic E-state index is 14.4. The molecule has 2 aliphatic rings. The molecule has 3 aromatic heterocycles. The number of hydrogen-bond acceptors (Lipinski definition) is 6. The number of imidazole rings is 1. The van der Waals surface area contributed by atoms with Gasteiger partial charge in [0.2, 0.25) is 23.5 Å². The lowest BCUT2D eigenvalue weighted by Crippen LogP contribution is -2.55. The van der Waals surface area contributed by atoms with Gasteiger partial charge in [-0.2, -0.15) is 0 Å². The standard InChI is InChI=1S/C33H40N8O4/c1-19(2)24-10-9-20(3)13-29(42)37-26(14-21-16-35-25-8-5-4-7-23(21)25)32(45)41-17-22(15-28(41)31(44)38-24)36-30(43)27-18-40-12-6-11-34-33(40)39-27/h4-8,11-12,16,18-20,22,24,26,28,35H,9-10,13-15,17H2,1-3H3,(H,36,43)(H,37,42)(H,38,44)/t20-,22-,24+,26-,28+/m1/s1. The number of para-hydroxylation sites is 1. The van der Waals surface area contributed by atoms with E-state index in [-0.39, 0.29) is 67.1 Å². The highest BCUT2D eigenvalue weighted by atomic mass is 16.2. The third kappa shape index (κ3) is 6.54. The summed E-state index contributed by atoms with van der Waals surface area (Å²) in [5.41, 5.74) is 2.03. The molecule has 236 valence electrons. The minimum Gasteiger partial charge on any atom is -0.361 e. The fourth-order valence-corrected chi connectivity index (χ4v) is 6.54. The van der Waals surface area contributed by atoms with Gasteiger partial charge in [0, 0.05) is 67.2 Å². The van der Waals surface area contributed by atoms with Crippen molar-refractivity contribution in [2.45, 2.75) is 77.0 Å². The first-order valence-corrected chi connectivity index (χ1v) is 15.7. The van der Waals surface area contributed by atoms with Gasteiger partial charge in [0.05, 0.1) is 0 Å². The zero-order valence-corrected chi connectivity index (χ0v) is 25.8. The lowest BCUT2D eigenvalue weighted by atomic mass is 9.92. The van der Waals surface area contributed by atoms with Gasteiger partial charge in [-0.3, -0.25) is 23.6 Å². The first kappa shape index (κ1) is 30.3. The fourth-order valence-electron chi connectivity index (χ4n) is 6.54. The number of H-pyrrole nitrogens is 1. The number of carbonyl (C=O) groups excluding carboxylic acids is 4. The molecule has 4 amide bonds. The maximum Gasteiger partial charge on any atom is 0.271 e. The molecule has 0 aliphatic carbocycles. The molecule has 45 heavy (non-hydrogen) atoms. The Morgan fingerprint density at radius 1 is 1.11 bits per heavy atom. The Hall–Kier alpha value is -4.74. The predicted octanol–water partition coefficient (Wildman–Crippen LogP) is 2.60. The van der Waals surface area contributed by atoms with Crippen LogP contribution >= 0.6 is 0 Å². The van der Waals surface area contributed by atoms with Gasteiger partial charge in [0.1, 0.15) is 17.8 Å². The van der Waals surface area contributed by atoms with Crippen LogP contribution in [0.4, 0.5) is 0 Å². The number of nitrogens with one attached hydrogen (secondary N) is 4. The number of hydrogen-bond donors (Lipinski definition) is 4. The van der Waals surface area contributed by atoms with E-state index in [1.165, 1.54) is 4.90 Å². The van der Waals surface area contributed by atoms with E-state index < -0.39 is 24.0 Å². The van der Waals surface area contributed by atoms with Gasteiger partial charge >= 0.3 is 0 Å². The lowest BCUT2D eigenvalue weighted by molar-refractivity contribution is -0.141. The second-order valence-electron chi connectivity index (χ2n) is 12.8. The van der Waals surface area contributed by atoms with Crippen molar-refractivity contribution >= 4 is 40.3 Å². The van der Waals surface area contributed by atoms with Crippen LogP contribution in [0.25, 0.3) is 16.7 Å². The van der Waals surface area contributed by atoms with E-state index in [0.717, 1.165) is 29.3 Å². The van der Waals surface area contributed by atoms with Crippen molar-refractivity contribution < 1.29 is 19.2 Å². The molecule has 2 aliphatic heterocycles. The summed E-state index contributed by atoms with van der Waals surface area (Å²) in [5.74, 6) is -0.557. The van der Waals surface area contributed by atoms with E-state index in [4.69, 9.17) is 0 Å². The molecule has 5 heterocycles. The van der Waals surface area contributed by atoms with Crippen molar-refractivity contribution in [3.05, 3.63) is 66.4 Å². The van der Waals surface area contributed by atoms with Crippen molar-refractivity contribution in [3.63, 3.8) is 0 Å². The molecule has 0 radical (unpaired) electrons. The highest BCUT2D eigenvalue weighted by molar-refractivity contribution is 5.95. The van der Waals surface area contributed by atoms with Gasteiger partial charge in [-0.15, -0.1) is 0 Å². The minimum absolute atomic E-state index is 0.0851. The van der Waals surface area contributed by atoms with Crippen molar-refractivity contribution in [1.29, 1.82) is 0 Å². The van der Waals surface area contributed by atoms with E-state index in [1.807, 2.05) is 37.4 Å². The average Bonchev–Trinajstić information content (AvgIpc) is 3.75. The molecule has 1 aromatic carbocycles. The largest absolute Gasteiger partial charge is 0.361 e. The second-order valence-corrected chi connectivity index (χ2v) is 12.8. The molecule has 0 saturated carbocycles. The molecule has 6 rings (SSSR count). The van der Waals surface area contributed by atoms with Crippen LogP contribution in [0.2, 0.25) is 0 Å². The first-order chi connectivity index (χ1) is 21.7. The number of nitrogens with zero attached hydrogens (tertiary/aromatic N) is 4. The van der Waals surface area contributed by atoms with Crippen LogP contribution in [0.3, 0.4) is 0 Å². The van der Waals surface area contributed by atoms with E-state index >= 15 is 0 Å². The molecule has 2 saturated heterocycles. The van der Waals surface area contributed by atoms with Crippen LogP contribution in [-0.2, 0) is 20.8 Å². The number of benzene rings is 1. The van der Waals surface area contributed by atoms with Crippen molar-refractivity contribution in [2.75, 3.05) is 6.54 Å². The SMILES string of the molecule is CC(C)[C@@H]1CC[C@@H](C)CC(=O)N[C@H](Cc2c[nH]c3ccccc23)C(=O)N2C[C@H](NC(=O)c3cn4cccnc4n3)C[C@H]2C(=O)N1. The third-order valence-electron chi connectivity index (χ3n) is 9.06. The number of rotatable bonds is 5. The third-order valence-corrected chi connectivity index (χ3v) is 9.06. The lowest BCUT2D eigenvalue weighted by Gasteiger charge is -2.30. The summed E-state index contributed by atoms with van der Waals surface area (Å²) in [7, 11) is 0. The van der Waals surface area contributed by atoms with Gasteiger partial charge in [-0.1, -0.05) is 39.0 Å². The quantitative estimate of drug-likeness (QED) is 0.272. The van der Waals surface area contributed by atoms with Gasteiger partial charge in [0.25, 0.3) is 5.91 Å². The Bertz CT molecular complexity index is 1690. The zero-order chi connectivity index (χ0) is 31.7.